The molecule has 1 aliphatic carbocycles. The maximum atomic E-state index is 5.91. The summed E-state index contributed by atoms with van der Waals surface area (Å²) in [6, 6.07) is 9.94. The van der Waals surface area contributed by atoms with Crippen molar-refractivity contribution >= 4 is 33.3 Å². The molecular formula is C15H15BrClN3. The Morgan fingerprint density at radius 2 is 1.95 bits per heavy atom. The van der Waals surface area contributed by atoms with Crippen LogP contribution in [0.25, 0.3) is 0 Å². The van der Waals surface area contributed by atoms with Crippen LogP contribution >= 0.6 is 27.5 Å². The van der Waals surface area contributed by atoms with Crippen molar-refractivity contribution in [2.24, 2.45) is 0 Å². The standard InChI is InChI=1S/C15H15BrClN3/c1-9(10-4-6-12(17)7-5-10)18-14-8-13(16)19-15(20-14)11-2-3-11/h4-9,11H,2-3H2,1H3,(H,18,19,20). The number of hydrogen-bond acceptors (Lipinski definition) is 3. The summed E-state index contributed by atoms with van der Waals surface area (Å²) in [5, 5.41) is 4.17. The zero-order chi connectivity index (χ0) is 14.1. The minimum absolute atomic E-state index is 0.168. The van der Waals surface area contributed by atoms with E-state index in [2.05, 4.69) is 38.1 Å². The number of rotatable bonds is 4. The summed E-state index contributed by atoms with van der Waals surface area (Å²) in [6.45, 7) is 2.11. The highest BCUT2D eigenvalue weighted by Gasteiger charge is 2.27. The van der Waals surface area contributed by atoms with E-state index in [9.17, 15) is 0 Å². The normalized spacial score (nSPS) is 15.9. The molecule has 3 nitrogen and oxygen atoms in total. The first-order valence-electron chi connectivity index (χ1n) is 6.68. The van der Waals surface area contributed by atoms with Crippen LogP contribution in [0.3, 0.4) is 0 Å². The molecule has 1 saturated carbocycles. The van der Waals surface area contributed by atoms with Crippen LogP contribution in [0.5, 0.6) is 0 Å². The lowest BCUT2D eigenvalue weighted by atomic mass is 10.1. The molecular weight excluding hydrogens is 338 g/mol. The van der Waals surface area contributed by atoms with Gasteiger partial charge in [-0.15, -0.1) is 0 Å². The van der Waals surface area contributed by atoms with E-state index in [0.29, 0.717) is 5.92 Å². The lowest BCUT2D eigenvalue weighted by Gasteiger charge is -2.15. The molecule has 20 heavy (non-hydrogen) atoms. The van der Waals surface area contributed by atoms with Gasteiger partial charge in [0.1, 0.15) is 16.2 Å². The Morgan fingerprint density at radius 3 is 2.60 bits per heavy atom. The Balaban J connectivity index is 1.78. The predicted octanol–water partition coefficient (Wildman–Crippen LogP) is 4.94. The average Bonchev–Trinajstić information content (AvgIpc) is 3.23. The van der Waals surface area contributed by atoms with Crippen LogP contribution in [0.15, 0.2) is 34.9 Å². The molecule has 3 rings (SSSR count). The minimum Gasteiger partial charge on any atom is -0.363 e. The zero-order valence-electron chi connectivity index (χ0n) is 11.1. The van der Waals surface area contributed by atoms with E-state index >= 15 is 0 Å². The molecule has 2 aromatic rings. The fraction of sp³-hybridized carbons (Fsp3) is 0.333. The van der Waals surface area contributed by atoms with Gasteiger partial charge in [0.25, 0.3) is 0 Å². The topological polar surface area (TPSA) is 37.8 Å². The SMILES string of the molecule is CC(Nc1cc(Br)nc(C2CC2)n1)c1ccc(Cl)cc1. The summed E-state index contributed by atoms with van der Waals surface area (Å²) in [6.07, 6.45) is 2.39. The average molecular weight is 353 g/mol. The van der Waals surface area contributed by atoms with Crippen LogP contribution in [-0.2, 0) is 0 Å². The first-order valence-corrected chi connectivity index (χ1v) is 7.85. The summed E-state index contributed by atoms with van der Waals surface area (Å²) in [5.74, 6) is 2.33. The van der Waals surface area contributed by atoms with E-state index in [4.69, 9.17) is 11.6 Å². The Morgan fingerprint density at radius 1 is 1.25 bits per heavy atom. The maximum Gasteiger partial charge on any atom is 0.135 e. The molecule has 104 valence electrons. The van der Waals surface area contributed by atoms with Crippen LogP contribution in [0.2, 0.25) is 5.02 Å². The van der Waals surface area contributed by atoms with Gasteiger partial charge in [-0.3, -0.25) is 0 Å². The van der Waals surface area contributed by atoms with Crippen molar-refractivity contribution in [3.05, 3.63) is 51.3 Å². The highest BCUT2D eigenvalue weighted by Crippen LogP contribution is 2.39. The first-order chi connectivity index (χ1) is 9.61. The van der Waals surface area contributed by atoms with Gasteiger partial charge in [0.05, 0.1) is 0 Å². The van der Waals surface area contributed by atoms with Gasteiger partial charge in [-0.2, -0.15) is 0 Å². The zero-order valence-corrected chi connectivity index (χ0v) is 13.4. The number of nitrogens with one attached hydrogen (secondary N) is 1. The van der Waals surface area contributed by atoms with Crippen LogP contribution in [0, 0.1) is 0 Å². The number of nitrogens with zero attached hydrogens (tertiary/aromatic N) is 2. The van der Waals surface area contributed by atoms with Gasteiger partial charge in [0.2, 0.25) is 0 Å². The molecule has 1 fully saturated rings. The van der Waals surface area contributed by atoms with E-state index in [1.54, 1.807) is 0 Å². The highest BCUT2D eigenvalue weighted by atomic mass is 79.9. The summed E-state index contributed by atoms with van der Waals surface area (Å²) >= 11 is 9.37. The molecule has 0 amide bonds. The van der Waals surface area contributed by atoms with Gasteiger partial charge in [0, 0.05) is 23.0 Å². The fourth-order valence-corrected chi connectivity index (χ4v) is 2.61. The molecule has 0 spiro atoms. The molecule has 1 N–H and O–H groups in total. The monoisotopic (exact) mass is 351 g/mol. The van der Waals surface area contributed by atoms with Crippen molar-refractivity contribution in [1.82, 2.24) is 9.97 Å². The van der Waals surface area contributed by atoms with Crippen LogP contribution in [-0.4, -0.2) is 9.97 Å². The van der Waals surface area contributed by atoms with Gasteiger partial charge in [-0.25, -0.2) is 9.97 Å². The number of aromatic nitrogens is 2. The molecule has 0 radical (unpaired) electrons. The number of anilines is 1. The fourth-order valence-electron chi connectivity index (χ4n) is 2.09. The molecule has 1 heterocycles. The molecule has 1 atom stereocenters. The van der Waals surface area contributed by atoms with Gasteiger partial charge in [-0.1, -0.05) is 23.7 Å². The predicted molar refractivity (Wildman–Crippen MR) is 85.2 cm³/mol. The van der Waals surface area contributed by atoms with E-state index in [-0.39, 0.29) is 6.04 Å². The van der Waals surface area contributed by atoms with E-state index in [0.717, 1.165) is 21.3 Å². The Labute approximate surface area is 131 Å². The number of benzene rings is 1. The van der Waals surface area contributed by atoms with Crippen molar-refractivity contribution in [2.45, 2.75) is 31.7 Å². The second kappa shape index (κ2) is 5.70. The maximum absolute atomic E-state index is 5.91. The van der Waals surface area contributed by atoms with Crippen molar-refractivity contribution in [3.8, 4) is 0 Å². The molecule has 0 aliphatic heterocycles. The molecule has 5 heteroatoms. The van der Waals surface area contributed by atoms with Crippen molar-refractivity contribution in [2.75, 3.05) is 5.32 Å². The quantitative estimate of drug-likeness (QED) is 0.792. The Kier molecular flexibility index (Phi) is 3.94. The summed E-state index contributed by atoms with van der Waals surface area (Å²) < 4.78 is 0.834. The molecule has 0 bridgehead atoms. The smallest absolute Gasteiger partial charge is 0.135 e. The first kappa shape index (κ1) is 13.8. The van der Waals surface area contributed by atoms with Gasteiger partial charge >= 0.3 is 0 Å². The second-order valence-corrected chi connectivity index (χ2v) is 6.37. The third-order valence-electron chi connectivity index (χ3n) is 3.39. The molecule has 1 aromatic carbocycles. The van der Waals surface area contributed by atoms with Crippen LogP contribution < -0.4 is 5.32 Å². The third kappa shape index (κ3) is 3.30. The van der Waals surface area contributed by atoms with Gasteiger partial charge in [-0.05, 0) is 53.4 Å². The Hall–Kier alpha value is -1.13. The number of halogens is 2. The molecule has 1 aromatic heterocycles. The van der Waals surface area contributed by atoms with Crippen molar-refractivity contribution in [3.63, 3.8) is 0 Å². The highest BCUT2D eigenvalue weighted by molar-refractivity contribution is 9.10. The summed E-state index contributed by atoms with van der Waals surface area (Å²) in [4.78, 5) is 9.04. The van der Waals surface area contributed by atoms with Crippen molar-refractivity contribution < 1.29 is 0 Å². The van der Waals surface area contributed by atoms with Gasteiger partial charge in [0.15, 0.2) is 0 Å². The summed E-state index contributed by atoms with van der Waals surface area (Å²) in [7, 11) is 0. The van der Waals surface area contributed by atoms with Crippen LogP contribution in [0.4, 0.5) is 5.82 Å². The van der Waals surface area contributed by atoms with Gasteiger partial charge < -0.3 is 5.32 Å². The minimum atomic E-state index is 0.168. The molecule has 0 saturated heterocycles. The molecule has 1 aliphatic rings. The lowest BCUT2D eigenvalue weighted by Crippen LogP contribution is -2.09. The summed E-state index contributed by atoms with van der Waals surface area (Å²) in [5.41, 5.74) is 1.18. The third-order valence-corrected chi connectivity index (χ3v) is 4.05. The number of hydrogen-bond donors (Lipinski definition) is 1. The molecule has 1 unspecified atom stereocenters. The van der Waals surface area contributed by atoms with Crippen molar-refractivity contribution in [1.29, 1.82) is 0 Å². The van der Waals surface area contributed by atoms with E-state index in [1.807, 2.05) is 30.3 Å². The van der Waals surface area contributed by atoms with E-state index < -0.39 is 0 Å². The second-order valence-electron chi connectivity index (χ2n) is 5.13. The Bertz CT molecular complexity index is 611. The van der Waals surface area contributed by atoms with E-state index in [1.165, 1.54) is 18.4 Å². The lowest BCUT2D eigenvalue weighted by molar-refractivity contribution is 0.850. The van der Waals surface area contributed by atoms with Crippen LogP contribution in [0.1, 0.15) is 43.1 Å². The largest absolute Gasteiger partial charge is 0.363 e.